The predicted octanol–water partition coefficient (Wildman–Crippen LogP) is 3.89. The highest BCUT2D eigenvalue weighted by atomic mass is 127. The van der Waals surface area contributed by atoms with Crippen molar-refractivity contribution in [3.05, 3.63) is 79.6 Å². The molecule has 2 N–H and O–H groups in total. The number of amides is 3. The summed E-state index contributed by atoms with van der Waals surface area (Å²) < 4.78 is 22.0. The highest BCUT2D eigenvalue weighted by Gasteiger charge is 2.40. The molecule has 2 aromatic heterocycles. The van der Waals surface area contributed by atoms with Crippen LogP contribution in [0.25, 0.3) is 5.69 Å². The van der Waals surface area contributed by atoms with Crippen LogP contribution >= 0.6 is 34.2 Å². The number of likely N-dealkylation sites (tertiary alicyclic amines) is 1. The van der Waals surface area contributed by atoms with E-state index in [9.17, 15) is 18.8 Å². The molecule has 9 nitrogen and oxygen atoms in total. The number of halogens is 3. The second-order valence-corrected chi connectivity index (χ2v) is 9.34. The molecule has 1 aliphatic rings. The summed E-state index contributed by atoms with van der Waals surface area (Å²) >= 11 is 7.73. The average molecular weight is 612 g/mol. The van der Waals surface area contributed by atoms with Crippen LogP contribution in [0.5, 0.6) is 0 Å². The van der Waals surface area contributed by atoms with Crippen molar-refractivity contribution in [2.24, 2.45) is 0 Å². The molecule has 0 saturated carbocycles. The molecular formula is C23H20ClFIN5O4. The number of urea groups is 1. The zero-order valence-electron chi connectivity index (χ0n) is 18.4. The molecule has 4 rings (SSSR count). The van der Waals surface area contributed by atoms with Crippen LogP contribution in [0.3, 0.4) is 0 Å². The summed E-state index contributed by atoms with van der Waals surface area (Å²) in [6.07, 6.45) is 2.79. The van der Waals surface area contributed by atoms with Gasteiger partial charge in [0, 0.05) is 38.5 Å². The largest absolute Gasteiger partial charge is 0.380 e. The molecule has 3 aromatic rings. The van der Waals surface area contributed by atoms with E-state index >= 15 is 0 Å². The molecule has 2 atom stereocenters. The maximum Gasteiger partial charge on any atom is 0.323 e. The van der Waals surface area contributed by atoms with E-state index in [0.29, 0.717) is 14.3 Å². The van der Waals surface area contributed by atoms with Crippen molar-refractivity contribution in [1.29, 1.82) is 0 Å². The van der Waals surface area contributed by atoms with Gasteiger partial charge >= 0.3 is 6.03 Å². The summed E-state index contributed by atoms with van der Waals surface area (Å²) in [6.45, 7) is 0.172. The second kappa shape index (κ2) is 10.7. The topological polar surface area (TPSA) is 106 Å². The minimum Gasteiger partial charge on any atom is -0.380 e. The summed E-state index contributed by atoms with van der Waals surface area (Å²) in [6, 6.07) is 9.07. The van der Waals surface area contributed by atoms with Gasteiger partial charge in [-0.25, -0.2) is 14.2 Å². The number of anilines is 2. The monoisotopic (exact) mass is 611 g/mol. The molecule has 1 aliphatic heterocycles. The number of hydrogen-bond donors (Lipinski definition) is 2. The van der Waals surface area contributed by atoms with Gasteiger partial charge < -0.3 is 15.0 Å². The number of nitrogens with zero attached hydrogens (tertiary/aromatic N) is 3. The van der Waals surface area contributed by atoms with E-state index in [1.807, 2.05) is 22.6 Å². The first-order valence-electron chi connectivity index (χ1n) is 10.5. The van der Waals surface area contributed by atoms with Crippen LogP contribution in [0.4, 0.5) is 20.7 Å². The van der Waals surface area contributed by atoms with Gasteiger partial charge in [0.05, 0.1) is 26.1 Å². The number of benzene rings is 1. The van der Waals surface area contributed by atoms with E-state index in [-0.39, 0.29) is 36.1 Å². The van der Waals surface area contributed by atoms with Crippen molar-refractivity contribution >= 4 is 57.6 Å². The van der Waals surface area contributed by atoms with Gasteiger partial charge in [-0.15, -0.1) is 0 Å². The molecule has 0 unspecified atom stereocenters. The lowest BCUT2D eigenvalue weighted by Gasteiger charge is -2.24. The molecule has 3 amide bonds. The van der Waals surface area contributed by atoms with Crippen molar-refractivity contribution in [3.63, 3.8) is 0 Å². The van der Waals surface area contributed by atoms with Crippen LogP contribution in [0, 0.1) is 9.39 Å². The van der Waals surface area contributed by atoms with Crippen molar-refractivity contribution in [1.82, 2.24) is 14.5 Å². The van der Waals surface area contributed by atoms with Gasteiger partial charge in [0.2, 0.25) is 5.91 Å². The number of carbonyl (C=O) groups is 2. The van der Waals surface area contributed by atoms with E-state index in [4.69, 9.17) is 16.3 Å². The van der Waals surface area contributed by atoms with Crippen molar-refractivity contribution < 1.29 is 18.7 Å². The Balaban J connectivity index is 1.51. The molecule has 1 aromatic carbocycles. The summed E-state index contributed by atoms with van der Waals surface area (Å²) in [5, 5.41) is 5.59. The number of rotatable bonds is 5. The third-order valence-corrected chi connectivity index (χ3v) is 6.56. The maximum absolute atomic E-state index is 14.9. The van der Waals surface area contributed by atoms with Crippen molar-refractivity contribution in [2.45, 2.75) is 18.6 Å². The molecular weight excluding hydrogens is 592 g/mol. The molecule has 1 saturated heterocycles. The number of ether oxygens (including phenoxy) is 1. The van der Waals surface area contributed by atoms with Crippen molar-refractivity contribution in [2.75, 3.05) is 24.3 Å². The van der Waals surface area contributed by atoms with E-state index in [1.165, 1.54) is 47.2 Å². The smallest absolute Gasteiger partial charge is 0.323 e. The van der Waals surface area contributed by atoms with Crippen LogP contribution in [-0.2, 0) is 9.53 Å². The van der Waals surface area contributed by atoms with Crippen LogP contribution in [0.1, 0.15) is 6.42 Å². The Bertz CT molecular complexity index is 1320. The minimum atomic E-state index is -0.898. The number of hydrogen-bond acceptors (Lipinski definition) is 5. The van der Waals surface area contributed by atoms with Crippen LogP contribution in [0.15, 0.2) is 59.7 Å². The lowest BCUT2D eigenvalue weighted by atomic mass is 10.1. The molecule has 182 valence electrons. The molecule has 12 heteroatoms. The fourth-order valence-electron chi connectivity index (χ4n) is 3.71. The Labute approximate surface area is 218 Å². The lowest BCUT2D eigenvalue weighted by Crippen LogP contribution is -2.45. The zero-order valence-corrected chi connectivity index (χ0v) is 21.3. The third kappa shape index (κ3) is 5.63. The van der Waals surface area contributed by atoms with Gasteiger partial charge in [0.1, 0.15) is 17.7 Å². The first-order valence-corrected chi connectivity index (χ1v) is 11.9. The van der Waals surface area contributed by atoms with Gasteiger partial charge in [0.15, 0.2) is 0 Å². The quantitative estimate of drug-likeness (QED) is 0.426. The van der Waals surface area contributed by atoms with Crippen LogP contribution in [-0.4, -0.2) is 52.2 Å². The Morgan fingerprint density at radius 3 is 2.71 bits per heavy atom. The normalized spacial score (nSPS) is 17.3. The number of nitrogens with one attached hydrogen (secondary N) is 2. The SMILES string of the molecule is CO[C@@H]1C[C@H](C(=O)Nc2ccc(-n3cccc(I)c3=O)cc2F)N(C(=O)Nc2ccc(Cl)cn2)C1. The highest BCUT2D eigenvalue weighted by Crippen LogP contribution is 2.24. The van der Waals surface area contributed by atoms with Gasteiger partial charge in [-0.2, -0.15) is 0 Å². The second-order valence-electron chi connectivity index (χ2n) is 7.74. The summed E-state index contributed by atoms with van der Waals surface area (Å²) in [7, 11) is 1.49. The van der Waals surface area contributed by atoms with Crippen LogP contribution in [0.2, 0.25) is 5.02 Å². The number of carbonyl (C=O) groups excluding carboxylic acids is 2. The lowest BCUT2D eigenvalue weighted by molar-refractivity contribution is -0.119. The molecule has 0 bridgehead atoms. The number of aromatic nitrogens is 2. The van der Waals surface area contributed by atoms with E-state index in [0.717, 1.165) is 6.07 Å². The Morgan fingerprint density at radius 2 is 2.03 bits per heavy atom. The highest BCUT2D eigenvalue weighted by molar-refractivity contribution is 14.1. The summed E-state index contributed by atoms with van der Waals surface area (Å²) in [4.78, 5) is 43.6. The average Bonchev–Trinajstić information content (AvgIpc) is 3.29. The molecule has 0 aliphatic carbocycles. The van der Waals surface area contributed by atoms with Gasteiger partial charge in [-0.1, -0.05) is 11.6 Å². The number of methoxy groups -OCH3 is 1. The van der Waals surface area contributed by atoms with E-state index < -0.39 is 23.8 Å². The Hall–Kier alpha value is -3.03. The fourth-order valence-corrected chi connectivity index (χ4v) is 4.29. The van der Waals surface area contributed by atoms with Gasteiger partial charge in [0.25, 0.3) is 5.56 Å². The standard InChI is InChI=1S/C23H20ClFIN5O4/c1-35-15-10-19(31(12-15)23(34)29-20-7-4-13(24)11-27-20)21(32)28-18-6-5-14(9-16(18)25)30-8-2-3-17(26)22(30)33/h2-9,11,15,19H,10,12H2,1H3,(H,28,32)(H,27,29,34)/t15-,19-/m1/s1. The third-order valence-electron chi connectivity index (χ3n) is 5.51. The van der Waals surface area contributed by atoms with Gasteiger partial charge in [-0.3, -0.25) is 19.5 Å². The Kier molecular flexibility index (Phi) is 7.67. The molecule has 35 heavy (non-hydrogen) atoms. The van der Waals surface area contributed by atoms with Gasteiger partial charge in [-0.05, 0) is 59.0 Å². The molecule has 0 radical (unpaired) electrons. The molecule has 3 heterocycles. The summed E-state index contributed by atoms with van der Waals surface area (Å²) in [5.74, 6) is -1.02. The summed E-state index contributed by atoms with van der Waals surface area (Å²) in [5.41, 5.74) is -0.0310. The Morgan fingerprint density at radius 1 is 1.23 bits per heavy atom. The number of pyridine rings is 2. The van der Waals surface area contributed by atoms with Crippen molar-refractivity contribution in [3.8, 4) is 5.69 Å². The maximum atomic E-state index is 14.9. The van der Waals surface area contributed by atoms with E-state index in [2.05, 4.69) is 15.6 Å². The first kappa shape index (κ1) is 25.1. The van der Waals surface area contributed by atoms with Crippen LogP contribution < -0.4 is 16.2 Å². The predicted molar refractivity (Wildman–Crippen MR) is 138 cm³/mol. The first-order chi connectivity index (χ1) is 16.8. The fraction of sp³-hybridized carbons (Fsp3) is 0.217. The van der Waals surface area contributed by atoms with E-state index in [1.54, 1.807) is 18.2 Å². The molecule has 1 fully saturated rings. The molecule has 0 spiro atoms. The minimum absolute atomic E-state index is 0.0713. The zero-order chi connectivity index (χ0) is 25.1.